The first-order chi connectivity index (χ1) is 9.24. The zero-order chi connectivity index (χ0) is 13.7. The van der Waals surface area contributed by atoms with Crippen LogP contribution in [-0.4, -0.2) is 47.2 Å². The van der Waals surface area contributed by atoms with Crippen molar-refractivity contribution in [3.05, 3.63) is 23.9 Å². The number of likely N-dealkylation sites (N-methyl/N-ethyl adjacent to an activating group) is 1. The molecule has 5 heteroatoms. The zero-order valence-corrected chi connectivity index (χ0v) is 11.2. The normalized spacial score (nSPS) is 14.2. The van der Waals surface area contributed by atoms with Crippen LogP contribution in [0.25, 0.3) is 0 Å². The summed E-state index contributed by atoms with van der Waals surface area (Å²) >= 11 is 0. The smallest absolute Gasteiger partial charge is 0.255 e. The van der Waals surface area contributed by atoms with Crippen LogP contribution < -0.4 is 4.74 Å². The van der Waals surface area contributed by atoms with E-state index in [4.69, 9.17) is 9.84 Å². The van der Waals surface area contributed by atoms with Crippen molar-refractivity contribution in [2.45, 2.75) is 19.8 Å². The van der Waals surface area contributed by atoms with Gasteiger partial charge in [-0.1, -0.05) is 0 Å². The molecule has 1 fully saturated rings. The number of ether oxygens (including phenoxy) is 1. The van der Waals surface area contributed by atoms with Gasteiger partial charge in [0.1, 0.15) is 0 Å². The lowest BCUT2D eigenvalue weighted by molar-refractivity contribution is 0.0731. The number of carbonyl (C=O) groups excluding carboxylic acids is 1. The molecule has 104 valence electrons. The van der Waals surface area contributed by atoms with Crippen molar-refractivity contribution in [1.82, 2.24) is 9.88 Å². The Balaban J connectivity index is 1.93. The largest absolute Gasteiger partial charge is 0.477 e. The van der Waals surface area contributed by atoms with E-state index in [0.717, 1.165) is 0 Å². The maximum absolute atomic E-state index is 12.1. The van der Waals surface area contributed by atoms with Crippen LogP contribution in [0.5, 0.6) is 5.88 Å². The molecule has 19 heavy (non-hydrogen) atoms. The molecule has 0 radical (unpaired) electrons. The fourth-order valence-electron chi connectivity index (χ4n) is 1.79. The highest BCUT2D eigenvalue weighted by atomic mass is 16.5. The Labute approximate surface area is 113 Å². The van der Waals surface area contributed by atoms with E-state index >= 15 is 0 Å². The maximum atomic E-state index is 12.1. The standard InChI is InChI=1S/C14H20N2O3/c1-2-16(7-8-17)14(18)12-5-6-13(15-9-12)19-10-11-3-4-11/h5-6,9,11,17H,2-4,7-8,10H2,1H3. The first-order valence-corrected chi connectivity index (χ1v) is 6.73. The van der Waals surface area contributed by atoms with Crippen molar-refractivity contribution in [1.29, 1.82) is 0 Å². The summed E-state index contributed by atoms with van der Waals surface area (Å²) in [5.74, 6) is 1.13. The number of aliphatic hydroxyl groups excluding tert-OH is 1. The van der Waals surface area contributed by atoms with Crippen molar-refractivity contribution < 1.29 is 14.6 Å². The molecule has 0 atom stereocenters. The Morgan fingerprint density at radius 3 is 2.84 bits per heavy atom. The topological polar surface area (TPSA) is 62.7 Å². The Hall–Kier alpha value is -1.62. The van der Waals surface area contributed by atoms with Gasteiger partial charge in [-0.3, -0.25) is 4.79 Å². The zero-order valence-electron chi connectivity index (χ0n) is 11.2. The number of carbonyl (C=O) groups is 1. The maximum Gasteiger partial charge on any atom is 0.255 e. The lowest BCUT2D eigenvalue weighted by Crippen LogP contribution is -2.33. The molecule has 0 aromatic carbocycles. The molecular formula is C14H20N2O3. The summed E-state index contributed by atoms with van der Waals surface area (Å²) in [6.07, 6.45) is 4.01. The Morgan fingerprint density at radius 2 is 2.32 bits per heavy atom. The summed E-state index contributed by atoms with van der Waals surface area (Å²) in [6.45, 7) is 3.48. The molecule has 1 aromatic heterocycles. The van der Waals surface area contributed by atoms with Crippen LogP contribution >= 0.6 is 0 Å². The monoisotopic (exact) mass is 264 g/mol. The quantitative estimate of drug-likeness (QED) is 0.807. The van der Waals surface area contributed by atoms with E-state index in [1.807, 2.05) is 6.92 Å². The number of pyridine rings is 1. The molecule has 0 spiro atoms. The lowest BCUT2D eigenvalue weighted by atomic mass is 10.2. The van der Waals surface area contributed by atoms with Crippen LogP contribution in [-0.2, 0) is 0 Å². The van der Waals surface area contributed by atoms with Crippen LogP contribution in [0.15, 0.2) is 18.3 Å². The Kier molecular flexibility index (Phi) is 4.74. The predicted molar refractivity (Wildman–Crippen MR) is 71.1 cm³/mol. The number of hydrogen-bond acceptors (Lipinski definition) is 4. The van der Waals surface area contributed by atoms with Gasteiger partial charge in [0, 0.05) is 25.4 Å². The van der Waals surface area contributed by atoms with E-state index in [9.17, 15) is 4.79 Å². The molecule has 5 nitrogen and oxygen atoms in total. The van der Waals surface area contributed by atoms with Gasteiger partial charge >= 0.3 is 0 Å². The second-order valence-electron chi connectivity index (χ2n) is 4.75. The van der Waals surface area contributed by atoms with E-state index in [2.05, 4.69) is 4.98 Å². The van der Waals surface area contributed by atoms with Crippen LogP contribution in [0.2, 0.25) is 0 Å². The highest BCUT2D eigenvalue weighted by Gasteiger charge is 2.22. The average Bonchev–Trinajstić information content (AvgIpc) is 3.26. The molecule has 1 heterocycles. The fraction of sp³-hybridized carbons (Fsp3) is 0.571. The number of rotatable bonds is 7. The third-order valence-electron chi connectivity index (χ3n) is 3.19. The molecule has 0 unspecified atom stereocenters. The molecule has 1 aliphatic carbocycles. The van der Waals surface area contributed by atoms with Gasteiger partial charge in [0.2, 0.25) is 5.88 Å². The minimum Gasteiger partial charge on any atom is -0.477 e. The van der Waals surface area contributed by atoms with Crippen molar-refractivity contribution >= 4 is 5.91 Å². The van der Waals surface area contributed by atoms with Crippen LogP contribution in [0.4, 0.5) is 0 Å². The van der Waals surface area contributed by atoms with Crippen LogP contribution in [0.1, 0.15) is 30.1 Å². The van der Waals surface area contributed by atoms with Crippen molar-refractivity contribution in [2.75, 3.05) is 26.3 Å². The van der Waals surface area contributed by atoms with E-state index in [0.29, 0.717) is 37.1 Å². The summed E-state index contributed by atoms with van der Waals surface area (Å²) in [5.41, 5.74) is 0.522. The van der Waals surface area contributed by atoms with Crippen molar-refractivity contribution in [3.63, 3.8) is 0 Å². The molecule has 1 aromatic rings. The van der Waals surface area contributed by atoms with Gasteiger partial charge in [-0.2, -0.15) is 0 Å². The van der Waals surface area contributed by atoms with Gasteiger partial charge in [0.25, 0.3) is 5.91 Å². The summed E-state index contributed by atoms with van der Waals surface area (Å²) in [6, 6.07) is 3.44. The summed E-state index contributed by atoms with van der Waals surface area (Å²) in [7, 11) is 0. The number of hydrogen-bond donors (Lipinski definition) is 1. The number of aromatic nitrogens is 1. The molecule has 1 N–H and O–H groups in total. The third-order valence-corrected chi connectivity index (χ3v) is 3.19. The van der Waals surface area contributed by atoms with Gasteiger partial charge in [0.05, 0.1) is 18.8 Å². The molecule has 0 bridgehead atoms. The van der Waals surface area contributed by atoms with Gasteiger partial charge in [-0.25, -0.2) is 4.98 Å². The van der Waals surface area contributed by atoms with Crippen molar-refractivity contribution in [3.8, 4) is 5.88 Å². The minimum atomic E-state index is -0.113. The van der Waals surface area contributed by atoms with Crippen molar-refractivity contribution in [2.24, 2.45) is 5.92 Å². The highest BCUT2D eigenvalue weighted by Crippen LogP contribution is 2.29. The van der Waals surface area contributed by atoms with E-state index < -0.39 is 0 Å². The number of nitrogens with zero attached hydrogens (tertiary/aromatic N) is 2. The van der Waals surface area contributed by atoms with Gasteiger partial charge in [-0.15, -0.1) is 0 Å². The van der Waals surface area contributed by atoms with E-state index in [-0.39, 0.29) is 12.5 Å². The van der Waals surface area contributed by atoms with Gasteiger partial charge in [0.15, 0.2) is 0 Å². The van der Waals surface area contributed by atoms with Gasteiger partial charge < -0.3 is 14.7 Å². The van der Waals surface area contributed by atoms with E-state index in [1.165, 1.54) is 19.0 Å². The summed E-state index contributed by atoms with van der Waals surface area (Å²) in [4.78, 5) is 17.8. The van der Waals surface area contributed by atoms with Crippen LogP contribution in [0, 0.1) is 5.92 Å². The highest BCUT2D eigenvalue weighted by molar-refractivity contribution is 5.93. The first kappa shape index (κ1) is 13.8. The summed E-state index contributed by atoms with van der Waals surface area (Å²) in [5, 5.41) is 8.91. The second kappa shape index (κ2) is 6.52. The van der Waals surface area contributed by atoms with Gasteiger partial charge in [-0.05, 0) is 31.7 Å². The minimum absolute atomic E-state index is 0.0322. The average molecular weight is 264 g/mol. The SMILES string of the molecule is CCN(CCO)C(=O)c1ccc(OCC2CC2)nc1. The second-order valence-corrected chi connectivity index (χ2v) is 4.75. The number of aliphatic hydroxyl groups is 1. The Bertz CT molecular complexity index is 415. The third kappa shape index (κ3) is 3.92. The van der Waals surface area contributed by atoms with E-state index in [1.54, 1.807) is 17.0 Å². The molecule has 1 aliphatic rings. The molecule has 1 saturated carbocycles. The first-order valence-electron chi connectivity index (χ1n) is 6.73. The molecule has 1 amide bonds. The predicted octanol–water partition coefficient (Wildman–Crippen LogP) is 1.32. The molecule has 0 aliphatic heterocycles. The van der Waals surface area contributed by atoms with Crippen LogP contribution in [0.3, 0.4) is 0 Å². The summed E-state index contributed by atoms with van der Waals surface area (Å²) < 4.78 is 5.52. The lowest BCUT2D eigenvalue weighted by Gasteiger charge is -2.19. The Morgan fingerprint density at radius 1 is 1.53 bits per heavy atom. The fourth-order valence-corrected chi connectivity index (χ4v) is 1.79. The number of amides is 1. The molecule has 2 rings (SSSR count). The molecular weight excluding hydrogens is 244 g/mol. The molecule has 0 saturated heterocycles.